The maximum Gasteiger partial charge on any atom is 0.307 e. The van der Waals surface area contributed by atoms with Crippen LogP contribution in [0.3, 0.4) is 0 Å². The average molecular weight is 502 g/mol. The molecule has 0 bridgehead atoms. The van der Waals surface area contributed by atoms with Crippen LogP contribution in [0.4, 0.5) is 0 Å². The molecule has 0 saturated carbocycles. The summed E-state index contributed by atoms with van der Waals surface area (Å²) in [5.41, 5.74) is 5.70. The molecule has 3 aromatic rings. The molecule has 0 heterocycles. The second kappa shape index (κ2) is 13.6. The third-order valence-corrected chi connectivity index (χ3v) is 6.38. The Morgan fingerprint density at radius 3 is 2.00 bits per heavy atom. The Labute approximate surface area is 221 Å². The van der Waals surface area contributed by atoms with E-state index in [1.807, 2.05) is 36.4 Å². The van der Waals surface area contributed by atoms with E-state index in [2.05, 4.69) is 67.2 Å². The molecule has 3 rings (SSSR count). The van der Waals surface area contributed by atoms with Gasteiger partial charge >= 0.3 is 5.97 Å². The predicted octanol–water partition coefficient (Wildman–Crippen LogP) is 6.74. The summed E-state index contributed by atoms with van der Waals surface area (Å²) in [6.07, 6.45) is 4.27. The summed E-state index contributed by atoms with van der Waals surface area (Å²) in [6.45, 7) is 7.65. The molecule has 0 unspecified atom stereocenters. The van der Waals surface area contributed by atoms with Crippen molar-refractivity contribution in [3.63, 3.8) is 0 Å². The molecule has 0 atom stereocenters. The highest BCUT2D eigenvalue weighted by molar-refractivity contribution is 5.94. The minimum Gasteiger partial charge on any atom is -0.494 e. The summed E-state index contributed by atoms with van der Waals surface area (Å²) < 4.78 is 10.5. The fourth-order valence-corrected chi connectivity index (χ4v) is 4.01. The van der Waals surface area contributed by atoms with E-state index in [1.165, 1.54) is 29.4 Å². The highest BCUT2D eigenvalue weighted by atomic mass is 16.5. The van der Waals surface area contributed by atoms with Crippen LogP contribution in [0.25, 0.3) is 11.1 Å². The molecule has 0 radical (unpaired) electrons. The summed E-state index contributed by atoms with van der Waals surface area (Å²) in [5.74, 6) is 0.381. The van der Waals surface area contributed by atoms with Crippen LogP contribution in [-0.4, -0.2) is 32.1 Å². The Bertz CT molecular complexity index is 1130. The van der Waals surface area contributed by atoms with Crippen molar-refractivity contribution in [1.29, 1.82) is 0 Å². The number of carbonyl (C=O) groups excluding carboxylic acids is 2. The Morgan fingerprint density at radius 2 is 1.41 bits per heavy atom. The lowest BCUT2D eigenvalue weighted by atomic mass is 9.86. The fraction of sp³-hybridized carbons (Fsp3) is 0.375. The van der Waals surface area contributed by atoms with Crippen molar-refractivity contribution in [3.05, 3.63) is 89.5 Å². The molecule has 0 aliphatic carbocycles. The maximum absolute atomic E-state index is 12.1. The van der Waals surface area contributed by atoms with E-state index in [0.29, 0.717) is 12.2 Å². The summed E-state index contributed by atoms with van der Waals surface area (Å²) in [7, 11) is 1.34. The molecule has 0 saturated heterocycles. The molecule has 37 heavy (non-hydrogen) atoms. The van der Waals surface area contributed by atoms with E-state index in [1.54, 1.807) is 0 Å². The Kier molecular flexibility index (Phi) is 10.3. The molecule has 1 amide bonds. The van der Waals surface area contributed by atoms with E-state index in [0.717, 1.165) is 31.4 Å². The standard InChI is InChI=1S/C32H39NO4/c1-32(2,3)28-17-13-25(14-18-28)26-15-19-29(20-16-26)37-23-7-5-6-8-24-9-11-27(12-10-24)31(35)33-22-21-30(34)36-4/h9-20H,5-8,21-23H2,1-4H3,(H,33,35). The van der Waals surface area contributed by atoms with Gasteiger partial charge in [0.25, 0.3) is 5.91 Å². The number of nitrogens with one attached hydrogen (secondary N) is 1. The van der Waals surface area contributed by atoms with Gasteiger partial charge < -0.3 is 14.8 Å². The molecule has 0 spiro atoms. The van der Waals surface area contributed by atoms with Crippen LogP contribution in [-0.2, 0) is 21.4 Å². The summed E-state index contributed by atoms with van der Waals surface area (Å²) in [6, 6.07) is 24.7. The zero-order valence-electron chi connectivity index (χ0n) is 22.5. The SMILES string of the molecule is COC(=O)CCNC(=O)c1ccc(CCCCCOc2ccc(-c3ccc(C(C)(C)C)cc3)cc2)cc1. The Morgan fingerprint density at radius 1 is 0.784 bits per heavy atom. The van der Waals surface area contributed by atoms with Crippen molar-refractivity contribution < 1.29 is 19.1 Å². The topological polar surface area (TPSA) is 64.6 Å². The molecule has 5 nitrogen and oxygen atoms in total. The molecule has 0 aliphatic rings. The van der Waals surface area contributed by atoms with E-state index in [9.17, 15) is 9.59 Å². The van der Waals surface area contributed by atoms with Gasteiger partial charge in [-0.1, -0.05) is 69.3 Å². The van der Waals surface area contributed by atoms with Gasteiger partial charge in [0, 0.05) is 12.1 Å². The second-order valence-electron chi connectivity index (χ2n) is 10.3. The van der Waals surface area contributed by atoms with E-state index >= 15 is 0 Å². The van der Waals surface area contributed by atoms with Gasteiger partial charge in [-0.3, -0.25) is 9.59 Å². The number of hydrogen-bond donors (Lipinski definition) is 1. The number of benzene rings is 3. The number of esters is 1. The summed E-state index contributed by atoms with van der Waals surface area (Å²) in [4.78, 5) is 23.3. The lowest BCUT2D eigenvalue weighted by molar-refractivity contribution is -0.140. The molecular weight excluding hydrogens is 462 g/mol. The van der Waals surface area contributed by atoms with E-state index < -0.39 is 0 Å². The number of rotatable bonds is 12. The van der Waals surface area contributed by atoms with Gasteiger partial charge in [0.1, 0.15) is 5.75 Å². The summed E-state index contributed by atoms with van der Waals surface area (Å²) >= 11 is 0. The van der Waals surface area contributed by atoms with Crippen molar-refractivity contribution in [3.8, 4) is 16.9 Å². The van der Waals surface area contributed by atoms with Gasteiger partial charge in [-0.25, -0.2) is 0 Å². The number of hydrogen-bond acceptors (Lipinski definition) is 4. The van der Waals surface area contributed by atoms with Crippen molar-refractivity contribution in [2.45, 2.75) is 58.3 Å². The lowest BCUT2D eigenvalue weighted by Crippen LogP contribution is -2.26. The quantitative estimate of drug-likeness (QED) is 0.221. The molecule has 0 fully saturated rings. The fourth-order valence-electron chi connectivity index (χ4n) is 4.01. The average Bonchev–Trinajstić information content (AvgIpc) is 2.90. The first-order valence-corrected chi connectivity index (χ1v) is 13.0. The zero-order valence-corrected chi connectivity index (χ0v) is 22.5. The van der Waals surface area contributed by atoms with E-state index in [4.69, 9.17) is 4.74 Å². The third-order valence-electron chi connectivity index (χ3n) is 6.38. The number of carbonyl (C=O) groups is 2. The Balaban J connectivity index is 1.33. The van der Waals surface area contributed by atoms with Gasteiger partial charge in [-0.2, -0.15) is 0 Å². The minimum absolute atomic E-state index is 0.160. The number of methoxy groups -OCH3 is 1. The van der Waals surface area contributed by atoms with Gasteiger partial charge in [0.2, 0.25) is 0 Å². The zero-order chi connectivity index (χ0) is 26.7. The largest absolute Gasteiger partial charge is 0.494 e. The number of ether oxygens (including phenoxy) is 2. The first kappa shape index (κ1) is 28.0. The van der Waals surface area contributed by atoms with Crippen molar-refractivity contribution in [1.82, 2.24) is 5.32 Å². The lowest BCUT2D eigenvalue weighted by Gasteiger charge is -2.19. The Hall–Kier alpha value is -3.60. The van der Waals surface area contributed by atoms with Gasteiger partial charge in [0.15, 0.2) is 0 Å². The maximum atomic E-state index is 12.1. The predicted molar refractivity (Wildman–Crippen MR) is 149 cm³/mol. The molecule has 0 aromatic heterocycles. The van der Waals surface area contributed by atoms with Crippen LogP contribution < -0.4 is 10.1 Å². The van der Waals surface area contributed by atoms with Crippen LogP contribution in [0.15, 0.2) is 72.8 Å². The van der Waals surface area contributed by atoms with Crippen molar-refractivity contribution in [2.75, 3.05) is 20.3 Å². The van der Waals surface area contributed by atoms with Gasteiger partial charge in [-0.05, 0) is 77.6 Å². The minimum atomic E-state index is -0.336. The first-order valence-electron chi connectivity index (χ1n) is 13.0. The van der Waals surface area contributed by atoms with Crippen LogP contribution in [0.2, 0.25) is 0 Å². The third kappa shape index (κ3) is 9.09. The highest BCUT2D eigenvalue weighted by Gasteiger charge is 2.13. The van der Waals surface area contributed by atoms with Crippen LogP contribution in [0.1, 0.15) is 67.9 Å². The number of unbranched alkanes of at least 4 members (excludes halogenated alkanes) is 2. The summed E-state index contributed by atoms with van der Waals surface area (Å²) in [5, 5.41) is 2.73. The van der Waals surface area contributed by atoms with Crippen molar-refractivity contribution in [2.24, 2.45) is 0 Å². The normalized spacial score (nSPS) is 11.1. The molecule has 5 heteroatoms. The number of aryl methyl sites for hydroxylation is 1. The van der Waals surface area contributed by atoms with Crippen molar-refractivity contribution >= 4 is 11.9 Å². The van der Waals surface area contributed by atoms with Crippen LogP contribution in [0, 0.1) is 0 Å². The van der Waals surface area contributed by atoms with Gasteiger partial charge in [-0.15, -0.1) is 0 Å². The second-order valence-corrected chi connectivity index (χ2v) is 10.3. The van der Waals surface area contributed by atoms with E-state index in [-0.39, 0.29) is 30.3 Å². The molecule has 1 N–H and O–H groups in total. The molecule has 196 valence electrons. The monoisotopic (exact) mass is 501 g/mol. The van der Waals surface area contributed by atoms with Gasteiger partial charge in [0.05, 0.1) is 20.1 Å². The highest BCUT2D eigenvalue weighted by Crippen LogP contribution is 2.27. The first-order chi connectivity index (χ1) is 17.8. The molecule has 0 aliphatic heterocycles. The molecule has 3 aromatic carbocycles. The smallest absolute Gasteiger partial charge is 0.307 e. The van der Waals surface area contributed by atoms with Crippen LogP contribution >= 0.6 is 0 Å². The van der Waals surface area contributed by atoms with Crippen LogP contribution in [0.5, 0.6) is 5.75 Å². The number of amides is 1. The molecular formula is C32H39NO4.